The number of nitrogens with zero attached hydrogens (tertiary/aromatic N) is 4. The Morgan fingerprint density at radius 1 is 0.630 bits per heavy atom. The van der Waals surface area contributed by atoms with Gasteiger partial charge in [0.15, 0.2) is 0 Å². The Balaban J connectivity index is 3.22. The average molecular weight is 354 g/mol. The molecule has 2 aromatic carbocycles. The highest BCUT2D eigenvalue weighted by Crippen LogP contribution is 2.37. The van der Waals surface area contributed by atoms with Gasteiger partial charge in [0.25, 0.3) is 0 Å². The molecule has 0 saturated heterocycles. The van der Waals surface area contributed by atoms with E-state index >= 15 is 0 Å². The number of hydrogen-bond donors (Lipinski definition) is 0. The van der Waals surface area contributed by atoms with E-state index in [-0.39, 0.29) is 22.3 Å². The predicted molar refractivity (Wildman–Crippen MR) is 105 cm³/mol. The molecule has 2 rings (SSSR count). The van der Waals surface area contributed by atoms with E-state index in [0.717, 1.165) is 44.1 Å². The number of aryl methyl sites for hydroxylation is 2. The monoisotopic (exact) mass is 354 g/mol. The van der Waals surface area contributed by atoms with E-state index < -0.39 is 0 Å². The average Bonchev–Trinajstić information content (AvgIpc) is 2.68. The SMILES string of the molecule is CCCc1cc2c(C#N)c(C#N)c(C#N)c(C#N)c2c(CCC)c1CCC. The summed E-state index contributed by atoms with van der Waals surface area (Å²) in [6.45, 7) is 6.33. The zero-order chi connectivity index (χ0) is 20.0. The molecule has 0 heterocycles. The summed E-state index contributed by atoms with van der Waals surface area (Å²) in [4.78, 5) is 0. The molecular weight excluding hydrogens is 332 g/mol. The van der Waals surface area contributed by atoms with Crippen LogP contribution < -0.4 is 0 Å². The lowest BCUT2D eigenvalue weighted by Crippen LogP contribution is -2.07. The van der Waals surface area contributed by atoms with E-state index in [9.17, 15) is 21.0 Å². The molecule has 134 valence electrons. The van der Waals surface area contributed by atoms with Gasteiger partial charge in [0.05, 0.1) is 22.3 Å². The van der Waals surface area contributed by atoms with E-state index in [1.54, 1.807) is 0 Å². The van der Waals surface area contributed by atoms with Gasteiger partial charge in [-0.2, -0.15) is 21.0 Å². The Labute approximate surface area is 160 Å². The van der Waals surface area contributed by atoms with Crippen LogP contribution in [0.25, 0.3) is 10.8 Å². The van der Waals surface area contributed by atoms with Crippen LogP contribution in [0.15, 0.2) is 6.07 Å². The van der Waals surface area contributed by atoms with Gasteiger partial charge in [-0.1, -0.05) is 40.0 Å². The molecule has 4 nitrogen and oxygen atoms in total. The highest BCUT2D eigenvalue weighted by atomic mass is 14.4. The van der Waals surface area contributed by atoms with Crippen molar-refractivity contribution in [2.24, 2.45) is 0 Å². The summed E-state index contributed by atoms with van der Waals surface area (Å²) in [5, 5.41) is 40.1. The minimum Gasteiger partial charge on any atom is -0.192 e. The molecule has 0 bridgehead atoms. The molecule has 0 aliphatic rings. The lowest BCUT2D eigenvalue weighted by molar-refractivity contribution is 0.831. The Hall–Kier alpha value is -3.34. The molecule has 2 aromatic rings. The molecule has 0 aromatic heterocycles. The van der Waals surface area contributed by atoms with E-state index in [0.29, 0.717) is 10.8 Å². The summed E-state index contributed by atoms with van der Waals surface area (Å²) < 4.78 is 0. The van der Waals surface area contributed by atoms with Crippen molar-refractivity contribution in [3.63, 3.8) is 0 Å². The molecule has 0 atom stereocenters. The normalized spacial score (nSPS) is 10.0. The molecule has 0 aliphatic carbocycles. The van der Waals surface area contributed by atoms with Crippen LogP contribution in [0.2, 0.25) is 0 Å². The zero-order valence-corrected chi connectivity index (χ0v) is 16.1. The topological polar surface area (TPSA) is 95.2 Å². The van der Waals surface area contributed by atoms with Crippen LogP contribution >= 0.6 is 0 Å². The molecule has 0 unspecified atom stereocenters. The third-order valence-electron chi connectivity index (χ3n) is 4.88. The van der Waals surface area contributed by atoms with Gasteiger partial charge in [-0.05, 0) is 42.0 Å². The second-order valence-corrected chi connectivity index (χ2v) is 6.61. The quantitative estimate of drug-likeness (QED) is 0.713. The van der Waals surface area contributed by atoms with Crippen LogP contribution in [0.1, 0.15) is 79.0 Å². The van der Waals surface area contributed by atoms with Gasteiger partial charge in [0.1, 0.15) is 24.3 Å². The van der Waals surface area contributed by atoms with Gasteiger partial charge >= 0.3 is 0 Å². The maximum atomic E-state index is 9.82. The third-order valence-corrected chi connectivity index (χ3v) is 4.88. The summed E-state index contributed by atoms with van der Waals surface area (Å²) in [5.74, 6) is 0. The summed E-state index contributed by atoms with van der Waals surface area (Å²) in [7, 11) is 0. The van der Waals surface area contributed by atoms with Crippen molar-refractivity contribution in [2.45, 2.75) is 59.3 Å². The maximum absolute atomic E-state index is 9.82. The zero-order valence-electron chi connectivity index (χ0n) is 16.1. The van der Waals surface area contributed by atoms with Crippen LogP contribution in [-0.4, -0.2) is 0 Å². The van der Waals surface area contributed by atoms with Crippen LogP contribution in [-0.2, 0) is 19.3 Å². The first-order valence-corrected chi connectivity index (χ1v) is 9.40. The molecule has 0 aliphatic heterocycles. The van der Waals surface area contributed by atoms with E-state index in [1.165, 1.54) is 11.1 Å². The summed E-state index contributed by atoms with van der Waals surface area (Å²) in [5.41, 5.74) is 3.96. The first-order chi connectivity index (χ1) is 13.1. The van der Waals surface area contributed by atoms with Gasteiger partial charge in [0.2, 0.25) is 0 Å². The Bertz CT molecular complexity index is 1050. The lowest BCUT2D eigenvalue weighted by atomic mass is 9.82. The van der Waals surface area contributed by atoms with E-state index in [1.807, 2.05) is 18.2 Å². The molecule has 0 spiro atoms. The van der Waals surface area contributed by atoms with Crippen LogP contribution in [0, 0.1) is 45.3 Å². The van der Waals surface area contributed by atoms with Crippen molar-refractivity contribution in [1.29, 1.82) is 21.0 Å². The summed E-state index contributed by atoms with van der Waals surface area (Å²) in [6, 6.07) is 10.2. The van der Waals surface area contributed by atoms with Crippen molar-refractivity contribution in [2.75, 3.05) is 0 Å². The van der Waals surface area contributed by atoms with Crippen molar-refractivity contribution < 1.29 is 0 Å². The van der Waals surface area contributed by atoms with Gasteiger partial charge in [-0.15, -0.1) is 0 Å². The van der Waals surface area contributed by atoms with Crippen LogP contribution in [0.5, 0.6) is 0 Å². The highest BCUT2D eigenvalue weighted by Gasteiger charge is 2.24. The molecule has 0 saturated carbocycles. The number of fused-ring (bicyclic) bond motifs is 1. The number of hydrogen-bond acceptors (Lipinski definition) is 4. The predicted octanol–water partition coefficient (Wildman–Crippen LogP) is 5.18. The molecule has 4 heteroatoms. The standard InChI is InChI=1S/C23H22N4/c1-4-7-15-10-18-19(11-24)20(12-25)21(13-26)22(14-27)23(18)17(9-6-3)16(15)8-5-2/h10H,4-9H2,1-3H3. The third kappa shape index (κ3) is 3.36. The Morgan fingerprint density at radius 2 is 1.11 bits per heavy atom. The Morgan fingerprint density at radius 3 is 1.59 bits per heavy atom. The fourth-order valence-corrected chi connectivity index (χ4v) is 3.86. The highest BCUT2D eigenvalue weighted by molar-refractivity contribution is 6.00. The van der Waals surface area contributed by atoms with Crippen molar-refractivity contribution in [1.82, 2.24) is 0 Å². The maximum Gasteiger partial charge on any atom is 0.102 e. The van der Waals surface area contributed by atoms with Gasteiger partial charge < -0.3 is 0 Å². The van der Waals surface area contributed by atoms with Crippen LogP contribution in [0.4, 0.5) is 0 Å². The largest absolute Gasteiger partial charge is 0.192 e. The van der Waals surface area contributed by atoms with Crippen molar-refractivity contribution in [3.05, 3.63) is 45.0 Å². The molecule has 0 fully saturated rings. The number of rotatable bonds is 6. The second-order valence-electron chi connectivity index (χ2n) is 6.61. The number of benzene rings is 2. The van der Waals surface area contributed by atoms with Gasteiger partial charge in [-0.3, -0.25) is 0 Å². The first kappa shape index (κ1) is 20.0. The molecule has 27 heavy (non-hydrogen) atoms. The molecule has 0 N–H and O–H groups in total. The molecule has 0 amide bonds. The summed E-state index contributed by atoms with van der Waals surface area (Å²) in [6.07, 6.45) is 5.41. The fourth-order valence-electron chi connectivity index (χ4n) is 3.86. The Kier molecular flexibility index (Phi) is 6.55. The fraction of sp³-hybridized carbons (Fsp3) is 0.391. The number of nitriles is 4. The smallest absolute Gasteiger partial charge is 0.102 e. The van der Waals surface area contributed by atoms with Gasteiger partial charge in [0, 0.05) is 10.8 Å². The van der Waals surface area contributed by atoms with Crippen molar-refractivity contribution >= 4 is 10.8 Å². The molecular formula is C23H22N4. The van der Waals surface area contributed by atoms with E-state index in [4.69, 9.17) is 0 Å². The lowest BCUT2D eigenvalue weighted by Gasteiger charge is -2.20. The molecule has 0 radical (unpaired) electrons. The summed E-state index contributed by atoms with van der Waals surface area (Å²) >= 11 is 0. The van der Waals surface area contributed by atoms with Crippen LogP contribution in [0.3, 0.4) is 0 Å². The second kappa shape index (κ2) is 8.85. The van der Waals surface area contributed by atoms with Crippen molar-refractivity contribution in [3.8, 4) is 24.3 Å². The van der Waals surface area contributed by atoms with E-state index in [2.05, 4.69) is 32.9 Å². The first-order valence-electron chi connectivity index (χ1n) is 9.40. The minimum absolute atomic E-state index is 0.0113. The van der Waals surface area contributed by atoms with Gasteiger partial charge in [-0.25, -0.2) is 0 Å². The minimum atomic E-state index is 0.0113.